The molecule has 25 heavy (non-hydrogen) atoms. The van der Waals surface area contributed by atoms with Crippen molar-refractivity contribution >= 4 is 40.9 Å². The van der Waals surface area contributed by atoms with Gasteiger partial charge in [0.15, 0.2) is 0 Å². The Kier molecular flexibility index (Phi) is 5.00. The van der Waals surface area contributed by atoms with Crippen LogP contribution in [0.1, 0.15) is 5.56 Å². The molecule has 3 rings (SSSR count). The third-order valence-corrected chi connectivity index (χ3v) is 4.61. The molecule has 0 saturated heterocycles. The lowest BCUT2D eigenvalue weighted by Crippen LogP contribution is -2.30. The minimum Gasteiger partial charge on any atom is -0.325 e. The Morgan fingerprint density at radius 1 is 1.04 bits per heavy atom. The average Bonchev–Trinajstić information content (AvgIpc) is 2.89. The monoisotopic (exact) mass is 352 g/mol. The van der Waals surface area contributed by atoms with Crippen LogP contribution < -0.4 is 10.2 Å². The first-order valence-electron chi connectivity index (χ1n) is 7.69. The van der Waals surface area contributed by atoms with E-state index in [0.29, 0.717) is 11.4 Å². The van der Waals surface area contributed by atoms with Crippen LogP contribution in [-0.4, -0.2) is 23.5 Å². The largest absolute Gasteiger partial charge is 0.325 e. The van der Waals surface area contributed by atoms with Crippen molar-refractivity contribution in [1.29, 1.82) is 0 Å². The molecule has 2 aromatic rings. The number of anilines is 2. The van der Waals surface area contributed by atoms with E-state index in [1.54, 1.807) is 24.3 Å². The Balaban J connectivity index is 1.59. The fourth-order valence-corrected chi connectivity index (χ4v) is 3.11. The number of hydrogen-bond acceptors (Lipinski definition) is 4. The molecule has 126 valence electrons. The molecule has 0 unspecified atom stereocenters. The van der Waals surface area contributed by atoms with Gasteiger partial charge in [0.2, 0.25) is 5.91 Å². The summed E-state index contributed by atoms with van der Waals surface area (Å²) in [7, 11) is 0. The number of hydrogen-bond donors (Lipinski definition) is 1. The summed E-state index contributed by atoms with van der Waals surface area (Å²) in [6.45, 7) is 1.97. The molecule has 1 N–H and O–H groups in total. The second-order valence-corrected chi connectivity index (χ2v) is 6.54. The molecule has 5 nitrogen and oxygen atoms in total. The topological polar surface area (TPSA) is 66.5 Å². The predicted molar refractivity (Wildman–Crippen MR) is 99.3 cm³/mol. The maximum absolute atomic E-state index is 12.4. The lowest BCUT2D eigenvalue weighted by molar-refractivity contribution is -0.120. The smallest absolute Gasteiger partial charge is 0.271 e. The number of imide groups is 1. The van der Waals surface area contributed by atoms with Crippen molar-refractivity contribution in [3.05, 3.63) is 71.1 Å². The number of amides is 3. The molecule has 0 saturated carbocycles. The van der Waals surface area contributed by atoms with Crippen molar-refractivity contribution in [2.45, 2.75) is 6.92 Å². The molecule has 1 aliphatic heterocycles. The van der Waals surface area contributed by atoms with Crippen LogP contribution in [-0.2, 0) is 14.4 Å². The van der Waals surface area contributed by atoms with Crippen molar-refractivity contribution in [3.8, 4) is 0 Å². The van der Waals surface area contributed by atoms with Gasteiger partial charge in [-0.25, -0.2) is 4.90 Å². The zero-order valence-corrected chi connectivity index (χ0v) is 14.4. The molecule has 0 radical (unpaired) electrons. The Labute approximate surface area is 149 Å². The SMILES string of the molecule is Cc1ccc(NC(=O)CSC2=CC(=O)N(c3ccccc3)C2=O)cc1. The maximum atomic E-state index is 12.4. The van der Waals surface area contributed by atoms with Gasteiger partial charge in [-0.15, -0.1) is 11.8 Å². The molecule has 0 atom stereocenters. The van der Waals surface area contributed by atoms with Gasteiger partial charge in [-0.2, -0.15) is 0 Å². The molecule has 0 aromatic heterocycles. The number of aryl methyl sites for hydroxylation is 1. The van der Waals surface area contributed by atoms with Crippen molar-refractivity contribution < 1.29 is 14.4 Å². The molecule has 3 amide bonds. The van der Waals surface area contributed by atoms with E-state index in [2.05, 4.69) is 5.32 Å². The number of carbonyl (C=O) groups is 3. The van der Waals surface area contributed by atoms with Gasteiger partial charge in [0.05, 0.1) is 16.3 Å². The molecular weight excluding hydrogens is 336 g/mol. The Morgan fingerprint density at radius 3 is 2.40 bits per heavy atom. The number of benzene rings is 2. The Hall–Kier alpha value is -2.86. The summed E-state index contributed by atoms with van der Waals surface area (Å²) in [5, 5.41) is 2.77. The molecule has 2 aromatic carbocycles. The first kappa shape index (κ1) is 17.0. The van der Waals surface area contributed by atoms with E-state index in [-0.39, 0.29) is 16.6 Å². The van der Waals surface area contributed by atoms with Gasteiger partial charge in [0.1, 0.15) is 0 Å². The normalized spacial score (nSPS) is 13.8. The van der Waals surface area contributed by atoms with Gasteiger partial charge >= 0.3 is 0 Å². The number of rotatable bonds is 5. The zero-order chi connectivity index (χ0) is 17.8. The molecule has 0 fully saturated rings. The van der Waals surface area contributed by atoms with Gasteiger partial charge in [-0.3, -0.25) is 14.4 Å². The van der Waals surface area contributed by atoms with Crippen LogP contribution >= 0.6 is 11.8 Å². The van der Waals surface area contributed by atoms with E-state index in [1.807, 2.05) is 37.3 Å². The van der Waals surface area contributed by atoms with Crippen LogP contribution in [0.3, 0.4) is 0 Å². The highest BCUT2D eigenvalue weighted by atomic mass is 32.2. The summed E-state index contributed by atoms with van der Waals surface area (Å²) >= 11 is 1.06. The highest BCUT2D eigenvalue weighted by Gasteiger charge is 2.32. The standard InChI is InChI=1S/C19H16N2O3S/c1-13-7-9-14(10-8-13)20-17(22)12-25-16-11-18(23)21(19(16)24)15-5-3-2-4-6-15/h2-11H,12H2,1H3,(H,20,22). The van der Waals surface area contributed by atoms with Gasteiger partial charge in [-0.1, -0.05) is 35.9 Å². The molecule has 1 heterocycles. The number of para-hydroxylation sites is 1. The van der Waals surface area contributed by atoms with E-state index >= 15 is 0 Å². The highest BCUT2D eigenvalue weighted by molar-refractivity contribution is 8.04. The highest BCUT2D eigenvalue weighted by Crippen LogP contribution is 2.28. The minimum atomic E-state index is -0.399. The molecule has 6 heteroatoms. The first-order valence-corrected chi connectivity index (χ1v) is 8.67. The molecule has 0 bridgehead atoms. The van der Waals surface area contributed by atoms with Crippen LogP contribution in [0.25, 0.3) is 0 Å². The second kappa shape index (κ2) is 7.36. The third-order valence-electron chi connectivity index (χ3n) is 3.60. The van der Waals surface area contributed by atoms with Crippen LogP contribution in [0.5, 0.6) is 0 Å². The average molecular weight is 352 g/mol. The van der Waals surface area contributed by atoms with E-state index in [1.165, 1.54) is 6.08 Å². The lowest BCUT2D eigenvalue weighted by atomic mass is 10.2. The zero-order valence-electron chi connectivity index (χ0n) is 13.6. The Bertz CT molecular complexity index is 845. The molecule has 0 spiro atoms. The fourth-order valence-electron chi connectivity index (χ4n) is 2.35. The quantitative estimate of drug-likeness (QED) is 0.840. The maximum Gasteiger partial charge on any atom is 0.271 e. The van der Waals surface area contributed by atoms with E-state index in [4.69, 9.17) is 0 Å². The summed E-state index contributed by atoms with van der Waals surface area (Å²) in [5.74, 6) is -0.961. The summed E-state index contributed by atoms with van der Waals surface area (Å²) in [5.41, 5.74) is 2.33. The second-order valence-electron chi connectivity index (χ2n) is 5.53. The summed E-state index contributed by atoms with van der Waals surface area (Å²) in [4.78, 5) is 37.9. The first-order chi connectivity index (χ1) is 12.0. The van der Waals surface area contributed by atoms with Crippen molar-refractivity contribution in [3.63, 3.8) is 0 Å². The summed E-state index contributed by atoms with van der Waals surface area (Å²) in [6, 6.07) is 16.2. The van der Waals surface area contributed by atoms with E-state index in [9.17, 15) is 14.4 Å². The van der Waals surface area contributed by atoms with Crippen molar-refractivity contribution in [2.24, 2.45) is 0 Å². The lowest BCUT2D eigenvalue weighted by Gasteiger charge is -2.14. The van der Waals surface area contributed by atoms with Gasteiger partial charge in [0, 0.05) is 11.8 Å². The summed E-state index contributed by atoms with van der Waals surface area (Å²) < 4.78 is 0. The fraction of sp³-hybridized carbons (Fsp3) is 0.105. The number of nitrogens with one attached hydrogen (secondary N) is 1. The number of thioether (sulfide) groups is 1. The van der Waals surface area contributed by atoms with Crippen molar-refractivity contribution in [1.82, 2.24) is 0 Å². The van der Waals surface area contributed by atoms with Crippen LogP contribution in [0.15, 0.2) is 65.6 Å². The van der Waals surface area contributed by atoms with Crippen LogP contribution in [0.4, 0.5) is 11.4 Å². The van der Waals surface area contributed by atoms with E-state index in [0.717, 1.165) is 22.2 Å². The number of nitrogens with zero attached hydrogens (tertiary/aromatic N) is 1. The van der Waals surface area contributed by atoms with Crippen LogP contribution in [0, 0.1) is 6.92 Å². The van der Waals surface area contributed by atoms with Gasteiger partial charge in [0.25, 0.3) is 11.8 Å². The summed E-state index contributed by atoms with van der Waals surface area (Å²) in [6.07, 6.45) is 1.28. The Morgan fingerprint density at radius 2 is 1.72 bits per heavy atom. The van der Waals surface area contributed by atoms with Gasteiger partial charge < -0.3 is 5.32 Å². The molecule has 1 aliphatic rings. The molecule has 0 aliphatic carbocycles. The van der Waals surface area contributed by atoms with Crippen LogP contribution in [0.2, 0.25) is 0 Å². The molecular formula is C19H16N2O3S. The van der Waals surface area contributed by atoms with Gasteiger partial charge in [-0.05, 0) is 31.2 Å². The third kappa shape index (κ3) is 3.97. The van der Waals surface area contributed by atoms with Crippen molar-refractivity contribution in [2.75, 3.05) is 16.0 Å². The number of carbonyl (C=O) groups excluding carboxylic acids is 3. The van der Waals surface area contributed by atoms with E-state index < -0.39 is 11.8 Å². The predicted octanol–water partition coefficient (Wildman–Crippen LogP) is 3.12. The minimum absolute atomic E-state index is 0.0569.